The summed E-state index contributed by atoms with van der Waals surface area (Å²) in [7, 11) is 1.64. The molecule has 1 aromatic carbocycles. The molecule has 4 rings (SSSR count). The molecule has 3 aromatic rings. The summed E-state index contributed by atoms with van der Waals surface area (Å²) in [4.78, 5) is 4.08. The Labute approximate surface area is 143 Å². The predicted octanol–water partition coefficient (Wildman–Crippen LogP) is 3.20. The lowest BCUT2D eigenvalue weighted by atomic mass is 10.1. The van der Waals surface area contributed by atoms with Gasteiger partial charge in [0.1, 0.15) is 11.7 Å². The molecule has 6 nitrogen and oxygen atoms in total. The van der Waals surface area contributed by atoms with Gasteiger partial charge in [0.2, 0.25) is 5.79 Å². The maximum Gasteiger partial charge on any atom is 0.247 e. The minimum atomic E-state index is -1.02. The number of benzene rings is 1. The molecular formula is C17H17ClN2O4. The van der Waals surface area contributed by atoms with Gasteiger partial charge in [-0.15, -0.1) is 0 Å². The van der Waals surface area contributed by atoms with Crippen molar-refractivity contribution < 1.29 is 18.6 Å². The Morgan fingerprint density at radius 3 is 3.12 bits per heavy atom. The molecule has 1 aliphatic heterocycles. The van der Waals surface area contributed by atoms with Crippen LogP contribution in [0.1, 0.15) is 5.76 Å². The van der Waals surface area contributed by atoms with Gasteiger partial charge in [0.15, 0.2) is 5.76 Å². The van der Waals surface area contributed by atoms with Crippen LogP contribution in [0.5, 0.6) is 0 Å². The lowest BCUT2D eigenvalue weighted by Gasteiger charge is -2.26. The Morgan fingerprint density at radius 2 is 2.33 bits per heavy atom. The quantitative estimate of drug-likeness (QED) is 0.708. The molecule has 0 spiro atoms. The number of ether oxygens (including phenoxy) is 3. The number of hydrogen-bond donors (Lipinski definition) is 0. The Bertz CT molecular complexity index is 832. The van der Waals surface area contributed by atoms with Gasteiger partial charge in [0.05, 0.1) is 26.1 Å². The average molecular weight is 349 g/mol. The van der Waals surface area contributed by atoms with Crippen LogP contribution in [0.4, 0.5) is 0 Å². The molecule has 1 aliphatic rings. The zero-order valence-electron chi connectivity index (χ0n) is 13.1. The molecule has 7 heteroatoms. The summed E-state index contributed by atoms with van der Waals surface area (Å²) in [5, 5.41) is 1.56. The van der Waals surface area contributed by atoms with E-state index in [2.05, 4.69) is 4.98 Å². The van der Waals surface area contributed by atoms with Gasteiger partial charge >= 0.3 is 0 Å². The third-order valence-corrected chi connectivity index (χ3v) is 4.25. The Hall–Kier alpha value is -1.86. The number of aromatic nitrogens is 2. The molecule has 0 bridgehead atoms. The molecular weight excluding hydrogens is 332 g/mol. The largest absolute Gasteiger partial charge is 0.455 e. The van der Waals surface area contributed by atoms with Gasteiger partial charge in [-0.05, 0) is 24.3 Å². The lowest BCUT2D eigenvalue weighted by molar-refractivity contribution is -0.201. The minimum absolute atomic E-state index is 0.157. The summed E-state index contributed by atoms with van der Waals surface area (Å²) < 4.78 is 25.3. The molecule has 2 atom stereocenters. The molecule has 0 saturated carbocycles. The zero-order chi connectivity index (χ0) is 16.6. The van der Waals surface area contributed by atoms with Crippen molar-refractivity contribution in [3.63, 3.8) is 0 Å². The molecule has 1 fully saturated rings. The molecule has 24 heavy (non-hydrogen) atoms. The highest BCUT2D eigenvalue weighted by Crippen LogP contribution is 2.39. The highest BCUT2D eigenvalue weighted by Gasteiger charge is 2.46. The van der Waals surface area contributed by atoms with E-state index in [1.807, 2.05) is 29.0 Å². The summed E-state index contributed by atoms with van der Waals surface area (Å²) in [6.45, 7) is 1.32. The fourth-order valence-corrected chi connectivity index (χ4v) is 3.13. The van der Waals surface area contributed by atoms with Crippen LogP contribution in [0.2, 0.25) is 5.02 Å². The monoisotopic (exact) mass is 348 g/mol. The van der Waals surface area contributed by atoms with Crippen molar-refractivity contribution in [2.24, 2.45) is 0 Å². The first-order chi connectivity index (χ1) is 11.7. The van der Waals surface area contributed by atoms with Crippen molar-refractivity contribution in [1.29, 1.82) is 0 Å². The molecule has 0 radical (unpaired) electrons. The molecule has 2 aromatic heterocycles. The van der Waals surface area contributed by atoms with E-state index in [1.165, 1.54) is 0 Å². The van der Waals surface area contributed by atoms with Gasteiger partial charge in [-0.1, -0.05) is 11.6 Å². The highest BCUT2D eigenvalue weighted by atomic mass is 35.5. The first-order valence-electron chi connectivity index (χ1n) is 7.64. The molecule has 1 saturated heterocycles. The number of hydrogen-bond acceptors (Lipinski definition) is 5. The molecule has 0 N–H and O–H groups in total. The summed E-state index contributed by atoms with van der Waals surface area (Å²) >= 11 is 6.07. The van der Waals surface area contributed by atoms with Crippen LogP contribution >= 0.6 is 11.6 Å². The van der Waals surface area contributed by atoms with Crippen molar-refractivity contribution in [2.45, 2.75) is 18.4 Å². The van der Waals surface area contributed by atoms with E-state index in [4.69, 9.17) is 30.2 Å². The van der Waals surface area contributed by atoms with Crippen molar-refractivity contribution in [3.8, 4) is 0 Å². The number of rotatable bonds is 5. The Morgan fingerprint density at radius 1 is 1.42 bits per heavy atom. The van der Waals surface area contributed by atoms with E-state index in [9.17, 15) is 0 Å². The van der Waals surface area contributed by atoms with E-state index < -0.39 is 5.79 Å². The Kier molecular flexibility index (Phi) is 4.05. The van der Waals surface area contributed by atoms with Gasteiger partial charge in [-0.25, -0.2) is 4.98 Å². The third kappa shape index (κ3) is 2.82. The van der Waals surface area contributed by atoms with Gasteiger partial charge in [0, 0.05) is 29.9 Å². The zero-order valence-corrected chi connectivity index (χ0v) is 13.9. The second-order valence-corrected chi connectivity index (χ2v) is 6.22. The van der Waals surface area contributed by atoms with Crippen molar-refractivity contribution in [2.75, 3.05) is 20.3 Å². The van der Waals surface area contributed by atoms with Crippen molar-refractivity contribution >= 4 is 22.6 Å². The fraction of sp³-hybridized carbons (Fsp3) is 0.353. The average Bonchev–Trinajstić information content (AvgIpc) is 3.28. The summed E-state index contributed by atoms with van der Waals surface area (Å²) in [5.41, 5.74) is 0.738. The van der Waals surface area contributed by atoms with Crippen molar-refractivity contribution in [3.05, 3.63) is 53.8 Å². The van der Waals surface area contributed by atoms with Crippen LogP contribution in [0.25, 0.3) is 11.0 Å². The fourth-order valence-electron chi connectivity index (χ4n) is 2.95. The van der Waals surface area contributed by atoms with E-state index in [0.29, 0.717) is 30.5 Å². The van der Waals surface area contributed by atoms with Gasteiger partial charge in [-0.3, -0.25) is 0 Å². The van der Waals surface area contributed by atoms with Crippen LogP contribution in [0.15, 0.2) is 47.4 Å². The molecule has 3 heterocycles. The first-order valence-corrected chi connectivity index (χ1v) is 8.02. The molecule has 0 amide bonds. The van der Waals surface area contributed by atoms with Crippen LogP contribution in [0, 0.1) is 0 Å². The number of imidazole rings is 1. The second kappa shape index (κ2) is 6.22. The topological polar surface area (TPSA) is 58.7 Å². The van der Waals surface area contributed by atoms with Crippen LogP contribution in [-0.2, 0) is 26.5 Å². The number of fused-ring (bicyclic) bond motifs is 1. The van der Waals surface area contributed by atoms with Crippen molar-refractivity contribution in [1.82, 2.24) is 9.55 Å². The van der Waals surface area contributed by atoms with E-state index in [-0.39, 0.29) is 6.10 Å². The predicted molar refractivity (Wildman–Crippen MR) is 87.8 cm³/mol. The maximum absolute atomic E-state index is 6.19. The molecule has 0 aliphatic carbocycles. The standard InChI is InChI=1S/C17H17ClN2O4/c1-21-8-14-9-22-17(24-14,10-20-5-4-19-11-20)16-7-12-6-13(18)2-3-15(12)23-16/h2-7,11,14H,8-10H2,1H3. The number of halogens is 1. The molecule has 126 valence electrons. The van der Waals surface area contributed by atoms with Gasteiger partial charge in [0.25, 0.3) is 0 Å². The van der Waals surface area contributed by atoms with Crippen LogP contribution in [0.3, 0.4) is 0 Å². The van der Waals surface area contributed by atoms with Gasteiger partial charge < -0.3 is 23.2 Å². The molecule has 2 unspecified atom stereocenters. The second-order valence-electron chi connectivity index (χ2n) is 5.79. The van der Waals surface area contributed by atoms with E-state index in [1.54, 1.807) is 25.7 Å². The van der Waals surface area contributed by atoms with E-state index >= 15 is 0 Å². The minimum Gasteiger partial charge on any atom is -0.455 e. The summed E-state index contributed by atoms with van der Waals surface area (Å²) in [6.07, 6.45) is 5.14. The number of furan rings is 1. The first kappa shape index (κ1) is 15.7. The number of methoxy groups -OCH3 is 1. The van der Waals surface area contributed by atoms with Gasteiger partial charge in [-0.2, -0.15) is 0 Å². The Balaban J connectivity index is 1.73. The number of nitrogens with zero attached hydrogens (tertiary/aromatic N) is 2. The summed E-state index contributed by atoms with van der Waals surface area (Å²) in [6, 6.07) is 7.40. The smallest absolute Gasteiger partial charge is 0.247 e. The van der Waals surface area contributed by atoms with Crippen LogP contribution in [-0.4, -0.2) is 36.0 Å². The summed E-state index contributed by atoms with van der Waals surface area (Å²) in [5.74, 6) is -0.415. The normalized spacial score (nSPS) is 24.0. The van der Waals surface area contributed by atoms with Crippen LogP contribution < -0.4 is 0 Å². The highest BCUT2D eigenvalue weighted by molar-refractivity contribution is 6.31. The lowest BCUT2D eigenvalue weighted by Crippen LogP contribution is -2.33. The SMILES string of the molecule is COCC1COC(Cn2ccnc2)(c2cc3cc(Cl)ccc3o2)O1. The van der Waals surface area contributed by atoms with E-state index in [0.717, 1.165) is 11.0 Å². The maximum atomic E-state index is 6.19. The third-order valence-electron chi connectivity index (χ3n) is 4.02.